The third-order valence-corrected chi connectivity index (χ3v) is 4.77. The standard InChI is InChI=1S/C18H12N4OS/c19-9-12-8-13-14(21-17(12)23)6-7-15-16(13)22-18(24-15)20-10-11-4-2-1-3-5-11/h1-8H,10H2,(H,20,22)(H,21,23). The van der Waals surface area contributed by atoms with Crippen molar-refractivity contribution in [1.29, 1.82) is 5.26 Å². The van der Waals surface area contributed by atoms with E-state index in [4.69, 9.17) is 5.26 Å². The largest absolute Gasteiger partial charge is 0.357 e. The summed E-state index contributed by atoms with van der Waals surface area (Å²) in [6.07, 6.45) is 0. The number of nitrogens with zero attached hydrogens (tertiary/aromatic N) is 2. The highest BCUT2D eigenvalue weighted by atomic mass is 32.1. The third kappa shape index (κ3) is 2.51. The molecule has 0 radical (unpaired) electrons. The maximum absolute atomic E-state index is 11.8. The van der Waals surface area contributed by atoms with Crippen LogP contribution in [0, 0.1) is 11.3 Å². The van der Waals surface area contributed by atoms with Gasteiger partial charge in [0.2, 0.25) is 0 Å². The Labute approximate surface area is 141 Å². The number of hydrogen-bond acceptors (Lipinski definition) is 5. The molecule has 0 fully saturated rings. The second-order valence-corrected chi connectivity index (χ2v) is 6.39. The number of pyridine rings is 1. The van der Waals surface area contributed by atoms with Crippen molar-refractivity contribution in [2.75, 3.05) is 5.32 Å². The quantitative estimate of drug-likeness (QED) is 0.600. The van der Waals surface area contributed by atoms with Gasteiger partial charge in [-0.3, -0.25) is 4.79 Å². The zero-order chi connectivity index (χ0) is 16.5. The first kappa shape index (κ1) is 14.4. The predicted molar refractivity (Wildman–Crippen MR) is 96.2 cm³/mol. The lowest BCUT2D eigenvalue weighted by molar-refractivity contribution is 1.14. The number of rotatable bonds is 3. The first-order chi connectivity index (χ1) is 11.7. The van der Waals surface area contributed by atoms with Crippen LogP contribution in [0.4, 0.5) is 5.13 Å². The molecule has 0 aliphatic heterocycles. The van der Waals surface area contributed by atoms with Crippen LogP contribution in [0.3, 0.4) is 0 Å². The molecular formula is C18H12N4OS. The van der Waals surface area contributed by atoms with Crippen molar-refractivity contribution < 1.29 is 0 Å². The van der Waals surface area contributed by atoms with Crippen molar-refractivity contribution in [1.82, 2.24) is 9.97 Å². The van der Waals surface area contributed by atoms with Crippen LogP contribution < -0.4 is 10.9 Å². The van der Waals surface area contributed by atoms with Crippen LogP contribution in [0.2, 0.25) is 0 Å². The Morgan fingerprint density at radius 2 is 2.04 bits per heavy atom. The van der Waals surface area contributed by atoms with E-state index in [0.29, 0.717) is 12.1 Å². The maximum Gasteiger partial charge on any atom is 0.266 e. The second kappa shape index (κ2) is 5.80. The van der Waals surface area contributed by atoms with Gasteiger partial charge in [0.25, 0.3) is 5.56 Å². The second-order valence-electron chi connectivity index (χ2n) is 5.36. The molecule has 24 heavy (non-hydrogen) atoms. The van der Waals surface area contributed by atoms with E-state index in [1.807, 2.05) is 36.4 Å². The summed E-state index contributed by atoms with van der Waals surface area (Å²) in [6, 6.07) is 17.4. The molecule has 0 unspecified atom stereocenters. The molecule has 0 spiro atoms. The van der Waals surface area contributed by atoms with E-state index in [1.165, 1.54) is 5.56 Å². The Morgan fingerprint density at radius 3 is 2.83 bits per heavy atom. The minimum absolute atomic E-state index is 0.0989. The molecule has 0 saturated carbocycles. The number of aromatic amines is 1. The van der Waals surface area contributed by atoms with Gasteiger partial charge in [0, 0.05) is 11.9 Å². The Bertz CT molecular complexity index is 1140. The third-order valence-electron chi connectivity index (χ3n) is 3.79. The molecule has 0 aliphatic rings. The van der Waals surface area contributed by atoms with Crippen molar-refractivity contribution in [3.05, 3.63) is 70.0 Å². The monoisotopic (exact) mass is 332 g/mol. The summed E-state index contributed by atoms with van der Waals surface area (Å²) in [6.45, 7) is 0.693. The van der Waals surface area contributed by atoms with Gasteiger partial charge in [-0.2, -0.15) is 5.26 Å². The van der Waals surface area contributed by atoms with Gasteiger partial charge in [-0.05, 0) is 23.8 Å². The Hall–Kier alpha value is -3.17. The number of nitrogens with one attached hydrogen (secondary N) is 2. The van der Waals surface area contributed by atoms with E-state index < -0.39 is 0 Å². The van der Waals surface area contributed by atoms with E-state index >= 15 is 0 Å². The molecule has 0 saturated heterocycles. The maximum atomic E-state index is 11.8. The fraction of sp³-hybridized carbons (Fsp3) is 0.0556. The highest BCUT2D eigenvalue weighted by Crippen LogP contribution is 2.31. The van der Waals surface area contributed by atoms with Crippen molar-refractivity contribution >= 4 is 37.6 Å². The summed E-state index contributed by atoms with van der Waals surface area (Å²) in [4.78, 5) is 19.1. The summed E-state index contributed by atoms with van der Waals surface area (Å²) in [5.41, 5.74) is 2.38. The van der Waals surface area contributed by atoms with Gasteiger partial charge < -0.3 is 10.3 Å². The topological polar surface area (TPSA) is 81.6 Å². The van der Waals surface area contributed by atoms with Gasteiger partial charge in [0.15, 0.2) is 5.13 Å². The minimum Gasteiger partial charge on any atom is -0.357 e. The predicted octanol–water partition coefficient (Wildman–Crippen LogP) is 3.62. The highest BCUT2D eigenvalue weighted by Gasteiger charge is 2.10. The summed E-state index contributed by atoms with van der Waals surface area (Å²) >= 11 is 1.55. The van der Waals surface area contributed by atoms with Crippen molar-refractivity contribution in [2.24, 2.45) is 0 Å². The van der Waals surface area contributed by atoms with Crippen LogP contribution in [0.1, 0.15) is 11.1 Å². The van der Waals surface area contributed by atoms with Crippen molar-refractivity contribution in [2.45, 2.75) is 6.54 Å². The SMILES string of the molecule is N#Cc1cc2c(ccc3sc(NCc4ccccc4)nc32)[nH]c1=O. The summed E-state index contributed by atoms with van der Waals surface area (Å²) in [7, 11) is 0. The van der Waals surface area contributed by atoms with Crippen molar-refractivity contribution in [3.63, 3.8) is 0 Å². The number of hydrogen-bond donors (Lipinski definition) is 2. The van der Waals surface area contributed by atoms with Gasteiger partial charge in [0.1, 0.15) is 11.6 Å². The van der Waals surface area contributed by atoms with Crippen LogP contribution in [-0.2, 0) is 6.54 Å². The summed E-state index contributed by atoms with van der Waals surface area (Å²) in [5, 5.41) is 14.0. The molecule has 5 nitrogen and oxygen atoms in total. The number of thiazole rings is 1. The van der Waals surface area contributed by atoms with Crippen LogP contribution in [-0.4, -0.2) is 9.97 Å². The fourth-order valence-electron chi connectivity index (χ4n) is 2.60. The average Bonchev–Trinajstić information content (AvgIpc) is 3.03. The van der Waals surface area contributed by atoms with E-state index in [1.54, 1.807) is 17.4 Å². The Morgan fingerprint density at radius 1 is 1.21 bits per heavy atom. The van der Waals surface area contributed by atoms with Gasteiger partial charge >= 0.3 is 0 Å². The molecule has 0 bridgehead atoms. The molecule has 4 aromatic rings. The smallest absolute Gasteiger partial charge is 0.266 e. The Balaban J connectivity index is 1.76. The zero-order valence-corrected chi connectivity index (χ0v) is 13.4. The molecule has 0 aliphatic carbocycles. The first-order valence-electron chi connectivity index (χ1n) is 7.39. The molecule has 116 valence electrons. The van der Waals surface area contributed by atoms with Gasteiger partial charge in [-0.25, -0.2) is 4.98 Å². The highest BCUT2D eigenvalue weighted by molar-refractivity contribution is 7.22. The van der Waals surface area contributed by atoms with E-state index in [9.17, 15) is 4.79 Å². The van der Waals surface area contributed by atoms with Crippen molar-refractivity contribution in [3.8, 4) is 6.07 Å². The van der Waals surface area contributed by atoms with E-state index in [0.717, 1.165) is 20.7 Å². The number of aromatic nitrogens is 2. The number of benzene rings is 2. The van der Waals surface area contributed by atoms with E-state index in [-0.39, 0.29) is 11.1 Å². The lowest BCUT2D eigenvalue weighted by atomic mass is 10.1. The first-order valence-corrected chi connectivity index (χ1v) is 8.21. The number of fused-ring (bicyclic) bond motifs is 3. The summed E-state index contributed by atoms with van der Waals surface area (Å²) in [5.74, 6) is 0. The number of anilines is 1. The lowest BCUT2D eigenvalue weighted by Gasteiger charge is -2.01. The van der Waals surface area contributed by atoms with Crippen LogP contribution in [0.5, 0.6) is 0 Å². The Kier molecular flexibility index (Phi) is 3.48. The van der Waals surface area contributed by atoms with Gasteiger partial charge in [0.05, 0.1) is 15.7 Å². The lowest BCUT2D eigenvalue weighted by Crippen LogP contribution is -2.09. The molecule has 6 heteroatoms. The summed E-state index contributed by atoms with van der Waals surface area (Å²) < 4.78 is 1.01. The molecular weight excluding hydrogens is 320 g/mol. The molecule has 2 aromatic carbocycles. The zero-order valence-electron chi connectivity index (χ0n) is 12.5. The molecule has 4 rings (SSSR count). The normalized spacial score (nSPS) is 10.8. The molecule has 0 atom stereocenters. The average molecular weight is 332 g/mol. The molecule has 2 aromatic heterocycles. The molecule has 2 N–H and O–H groups in total. The molecule has 2 heterocycles. The van der Waals surface area contributed by atoms with E-state index in [2.05, 4.69) is 27.4 Å². The van der Waals surface area contributed by atoms with Gasteiger partial charge in [-0.15, -0.1) is 0 Å². The van der Waals surface area contributed by atoms with Gasteiger partial charge in [-0.1, -0.05) is 41.7 Å². The number of H-pyrrole nitrogens is 1. The minimum atomic E-state index is -0.373. The molecule has 0 amide bonds. The van der Waals surface area contributed by atoms with Crippen LogP contribution in [0.15, 0.2) is 53.3 Å². The van der Waals surface area contributed by atoms with Crippen LogP contribution >= 0.6 is 11.3 Å². The number of nitriles is 1. The fourth-order valence-corrected chi connectivity index (χ4v) is 3.48. The van der Waals surface area contributed by atoms with Crippen LogP contribution in [0.25, 0.3) is 21.1 Å².